The van der Waals surface area contributed by atoms with Crippen molar-refractivity contribution in [1.82, 2.24) is 9.97 Å². The highest BCUT2D eigenvalue weighted by Gasteiger charge is 2.10. The molecule has 0 saturated heterocycles. The topological polar surface area (TPSA) is 25.8 Å². The first-order valence-electron chi connectivity index (χ1n) is 8.78. The second-order valence-corrected chi connectivity index (χ2v) is 6.56. The van der Waals surface area contributed by atoms with Crippen LogP contribution in [-0.4, -0.2) is 9.97 Å². The summed E-state index contributed by atoms with van der Waals surface area (Å²) in [5.74, 6) is 0.755. The van der Waals surface area contributed by atoms with Gasteiger partial charge in [-0.15, -0.1) is 0 Å². The van der Waals surface area contributed by atoms with E-state index in [-0.39, 0.29) is 0 Å². The molecule has 126 valence electrons. The monoisotopic (exact) mass is 336 g/mol. The third kappa shape index (κ3) is 3.40. The fourth-order valence-electron chi connectivity index (χ4n) is 2.99. The van der Waals surface area contributed by atoms with Crippen molar-refractivity contribution in [2.24, 2.45) is 0 Å². The first-order chi connectivity index (χ1) is 12.7. The molecule has 3 aromatic carbocycles. The van der Waals surface area contributed by atoms with E-state index in [1.807, 2.05) is 18.2 Å². The predicted octanol–water partition coefficient (Wildman–Crippen LogP) is 6.09. The smallest absolute Gasteiger partial charge is 0.160 e. The number of nitrogens with zero attached hydrogens (tertiary/aromatic N) is 2. The molecule has 1 aromatic heterocycles. The van der Waals surface area contributed by atoms with Crippen molar-refractivity contribution in [1.29, 1.82) is 0 Å². The van der Waals surface area contributed by atoms with Crippen LogP contribution < -0.4 is 0 Å². The van der Waals surface area contributed by atoms with Gasteiger partial charge in [-0.25, -0.2) is 9.97 Å². The van der Waals surface area contributed by atoms with Gasteiger partial charge in [0.1, 0.15) is 0 Å². The highest BCUT2D eigenvalue weighted by Crippen LogP contribution is 2.27. The Hall–Kier alpha value is -3.26. The van der Waals surface area contributed by atoms with Crippen LogP contribution in [0.25, 0.3) is 33.9 Å². The van der Waals surface area contributed by atoms with Gasteiger partial charge in [0.05, 0.1) is 11.4 Å². The molecule has 0 aliphatic carbocycles. The molecule has 0 fully saturated rings. The Bertz CT molecular complexity index is 1040. The largest absolute Gasteiger partial charge is 0.228 e. The summed E-state index contributed by atoms with van der Waals surface area (Å²) >= 11 is 0. The van der Waals surface area contributed by atoms with Crippen LogP contribution >= 0.6 is 0 Å². The molecule has 0 spiro atoms. The molecule has 0 saturated carbocycles. The highest BCUT2D eigenvalue weighted by atomic mass is 14.9. The van der Waals surface area contributed by atoms with E-state index in [1.165, 1.54) is 11.1 Å². The van der Waals surface area contributed by atoms with E-state index in [9.17, 15) is 0 Å². The van der Waals surface area contributed by atoms with Crippen LogP contribution in [0.3, 0.4) is 0 Å². The van der Waals surface area contributed by atoms with Crippen LogP contribution in [0.2, 0.25) is 0 Å². The summed E-state index contributed by atoms with van der Waals surface area (Å²) in [5.41, 5.74) is 7.55. The first-order valence-corrected chi connectivity index (χ1v) is 8.78. The van der Waals surface area contributed by atoms with E-state index in [1.54, 1.807) is 0 Å². The van der Waals surface area contributed by atoms with Crippen molar-refractivity contribution >= 4 is 0 Å². The number of benzene rings is 3. The van der Waals surface area contributed by atoms with Gasteiger partial charge in [0, 0.05) is 16.7 Å². The normalized spacial score (nSPS) is 10.7. The predicted molar refractivity (Wildman–Crippen MR) is 108 cm³/mol. The maximum Gasteiger partial charge on any atom is 0.160 e. The van der Waals surface area contributed by atoms with Crippen LogP contribution in [0, 0.1) is 13.8 Å². The van der Waals surface area contributed by atoms with Gasteiger partial charge < -0.3 is 0 Å². The van der Waals surface area contributed by atoms with Crippen molar-refractivity contribution in [3.05, 3.63) is 96.1 Å². The minimum Gasteiger partial charge on any atom is -0.228 e. The molecule has 0 radical (unpaired) electrons. The molecule has 0 bridgehead atoms. The molecule has 4 rings (SSSR count). The Morgan fingerprint density at radius 2 is 1.12 bits per heavy atom. The number of aromatic nitrogens is 2. The summed E-state index contributed by atoms with van der Waals surface area (Å²) < 4.78 is 0. The van der Waals surface area contributed by atoms with E-state index in [2.05, 4.69) is 80.6 Å². The zero-order valence-corrected chi connectivity index (χ0v) is 15.0. The molecule has 0 N–H and O–H groups in total. The molecule has 0 aliphatic rings. The molecular weight excluding hydrogens is 316 g/mol. The molecule has 0 unspecified atom stereocenters. The van der Waals surface area contributed by atoms with E-state index in [4.69, 9.17) is 9.97 Å². The quantitative estimate of drug-likeness (QED) is 0.452. The standard InChI is InChI=1S/C24H20N2/c1-17-11-13-20(14-12-17)23-16-22(19-8-4-3-5-9-19)25-24(26-23)21-10-6-7-18(2)15-21/h3-16H,1-2H3. The molecular formula is C24H20N2. The van der Waals surface area contributed by atoms with E-state index >= 15 is 0 Å². The highest BCUT2D eigenvalue weighted by molar-refractivity contribution is 5.71. The second kappa shape index (κ2) is 6.93. The van der Waals surface area contributed by atoms with Gasteiger partial charge in [-0.2, -0.15) is 0 Å². The fourth-order valence-corrected chi connectivity index (χ4v) is 2.99. The Balaban J connectivity index is 1.91. The third-order valence-corrected chi connectivity index (χ3v) is 4.42. The van der Waals surface area contributed by atoms with Crippen molar-refractivity contribution < 1.29 is 0 Å². The van der Waals surface area contributed by atoms with Crippen molar-refractivity contribution in [3.8, 4) is 33.9 Å². The molecule has 0 atom stereocenters. The molecule has 4 aromatic rings. The lowest BCUT2D eigenvalue weighted by Crippen LogP contribution is -1.96. The maximum atomic E-state index is 4.86. The maximum absolute atomic E-state index is 4.86. The van der Waals surface area contributed by atoms with Gasteiger partial charge in [0.25, 0.3) is 0 Å². The number of hydrogen-bond acceptors (Lipinski definition) is 2. The minimum absolute atomic E-state index is 0.755. The summed E-state index contributed by atoms with van der Waals surface area (Å²) in [4.78, 5) is 9.71. The Morgan fingerprint density at radius 1 is 0.500 bits per heavy atom. The molecule has 2 nitrogen and oxygen atoms in total. The molecule has 26 heavy (non-hydrogen) atoms. The van der Waals surface area contributed by atoms with Gasteiger partial charge in [-0.3, -0.25) is 0 Å². The van der Waals surface area contributed by atoms with E-state index < -0.39 is 0 Å². The molecule has 2 heteroatoms. The summed E-state index contributed by atoms with van der Waals surface area (Å²) in [7, 11) is 0. The van der Waals surface area contributed by atoms with Gasteiger partial charge in [-0.1, -0.05) is 83.9 Å². The number of rotatable bonds is 3. The van der Waals surface area contributed by atoms with Crippen LogP contribution in [0.1, 0.15) is 11.1 Å². The third-order valence-electron chi connectivity index (χ3n) is 4.42. The summed E-state index contributed by atoms with van der Waals surface area (Å²) in [6.07, 6.45) is 0. The van der Waals surface area contributed by atoms with Gasteiger partial charge in [0.15, 0.2) is 5.82 Å². The lowest BCUT2D eigenvalue weighted by Gasteiger charge is -2.10. The lowest BCUT2D eigenvalue weighted by atomic mass is 10.1. The van der Waals surface area contributed by atoms with Gasteiger partial charge >= 0.3 is 0 Å². The molecule has 1 heterocycles. The van der Waals surface area contributed by atoms with Crippen molar-refractivity contribution in [3.63, 3.8) is 0 Å². The van der Waals surface area contributed by atoms with Crippen molar-refractivity contribution in [2.75, 3.05) is 0 Å². The summed E-state index contributed by atoms with van der Waals surface area (Å²) in [6.45, 7) is 4.18. The SMILES string of the molecule is Cc1ccc(-c2cc(-c3ccccc3)nc(-c3cccc(C)c3)n2)cc1. The summed E-state index contributed by atoms with van der Waals surface area (Å²) in [6, 6.07) is 29.1. The van der Waals surface area contributed by atoms with Gasteiger partial charge in [-0.05, 0) is 26.0 Å². The van der Waals surface area contributed by atoms with Crippen molar-refractivity contribution in [2.45, 2.75) is 13.8 Å². The summed E-state index contributed by atoms with van der Waals surface area (Å²) in [5, 5.41) is 0. The lowest BCUT2D eigenvalue weighted by molar-refractivity contribution is 1.18. The average Bonchev–Trinajstić information content (AvgIpc) is 2.69. The fraction of sp³-hybridized carbons (Fsp3) is 0.0833. The van der Waals surface area contributed by atoms with Crippen LogP contribution in [-0.2, 0) is 0 Å². The second-order valence-electron chi connectivity index (χ2n) is 6.56. The Morgan fingerprint density at radius 3 is 1.77 bits per heavy atom. The first kappa shape index (κ1) is 16.2. The van der Waals surface area contributed by atoms with Crippen LogP contribution in [0.15, 0.2) is 84.9 Å². The van der Waals surface area contributed by atoms with E-state index in [0.29, 0.717) is 0 Å². The van der Waals surface area contributed by atoms with Crippen LogP contribution in [0.5, 0.6) is 0 Å². The zero-order valence-electron chi connectivity index (χ0n) is 15.0. The van der Waals surface area contributed by atoms with Crippen LogP contribution in [0.4, 0.5) is 0 Å². The Labute approximate surface area is 154 Å². The van der Waals surface area contributed by atoms with Gasteiger partial charge in [0.2, 0.25) is 0 Å². The number of aryl methyl sites for hydroxylation is 2. The molecule has 0 amide bonds. The number of hydrogen-bond donors (Lipinski definition) is 0. The Kier molecular flexibility index (Phi) is 4.32. The zero-order chi connectivity index (χ0) is 17.9. The average molecular weight is 336 g/mol. The van der Waals surface area contributed by atoms with E-state index in [0.717, 1.165) is 33.9 Å². The molecule has 0 aliphatic heterocycles. The minimum atomic E-state index is 0.755.